The van der Waals surface area contributed by atoms with Crippen LogP contribution in [0.1, 0.15) is 19.3 Å². The van der Waals surface area contributed by atoms with Crippen LogP contribution < -0.4 is 10.0 Å². The predicted molar refractivity (Wildman–Crippen MR) is 75.1 cm³/mol. The maximum absolute atomic E-state index is 11.3. The van der Waals surface area contributed by atoms with Gasteiger partial charge in [0.1, 0.15) is 10.8 Å². The van der Waals surface area contributed by atoms with E-state index in [9.17, 15) is 8.42 Å². The summed E-state index contributed by atoms with van der Waals surface area (Å²) in [5.74, 6) is 0.425. The largest absolute Gasteiger partial charge is 0.364 e. The first-order valence-corrected chi connectivity index (χ1v) is 8.42. The van der Waals surface area contributed by atoms with Gasteiger partial charge in [0.25, 0.3) is 0 Å². The third kappa shape index (κ3) is 4.17. The molecule has 0 aliphatic heterocycles. The minimum atomic E-state index is -3.23. The molecule has 0 spiro atoms. The van der Waals surface area contributed by atoms with Gasteiger partial charge in [-0.05, 0) is 30.9 Å². The van der Waals surface area contributed by atoms with Crippen LogP contribution in [0.25, 0.3) is 0 Å². The maximum Gasteiger partial charge on any atom is 0.224 e. The second-order valence-corrected chi connectivity index (χ2v) is 7.04. The van der Waals surface area contributed by atoms with Gasteiger partial charge in [0.05, 0.1) is 12.5 Å². The summed E-state index contributed by atoms with van der Waals surface area (Å²) in [7, 11) is -3.23. The Kier molecular flexibility index (Phi) is 4.50. The predicted octanol–water partition coefficient (Wildman–Crippen LogP) is 1.67. The Morgan fingerprint density at radius 2 is 2.00 bits per heavy atom. The molecule has 0 bridgehead atoms. The normalized spacial score (nSPS) is 23.5. The zero-order chi connectivity index (χ0) is 14.0. The van der Waals surface area contributed by atoms with Crippen LogP contribution in [0.15, 0.2) is 6.20 Å². The number of rotatable bonds is 4. The van der Waals surface area contributed by atoms with Crippen molar-refractivity contribution in [2.24, 2.45) is 0 Å². The van der Waals surface area contributed by atoms with Crippen LogP contribution in [0.5, 0.6) is 0 Å². The lowest BCUT2D eigenvalue weighted by Crippen LogP contribution is -2.43. The monoisotopic (exact) mass is 324 g/mol. The van der Waals surface area contributed by atoms with Gasteiger partial charge in [0.15, 0.2) is 0 Å². The van der Waals surface area contributed by atoms with E-state index in [2.05, 4.69) is 20.0 Å². The summed E-state index contributed by atoms with van der Waals surface area (Å²) in [4.78, 5) is 7.76. The van der Waals surface area contributed by atoms with Gasteiger partial charge in [-0.15, -0.1) is 0 Å². The summed E-state index contributed by atoms with van der Waals surface area (Å²) in [6.07, 6.45) is 5.11. The molecule has 0 aromatic carbocycles. The van der Waals surface area contributed by atoms with E-state index < -0.39 is 10.0 Å². The average molecular weight is 325 g/mol. The lowest BCUT2D eigenvalue weighted by atomic mass is 10.2. The number of nitrogens with zero attached hydrogens (tertiary/aromatic N) is 2. The molecular weight excluding hydrogens is 311 g/mol. The van der Waals surface area contributed by atoms with E-state index in [1.54, 1.807) is 0 Å². The molecular formula is C10H14Cl2N4O2S. The van der Waals surface area contributed by atoms with Crippen LogP contribution in [-0.2, 0) is 10.0 Å². The number of anilines is 1. The highest BCUT2D eigenvalue weighted by Crippen LogP contribution is 2.26. The highest BCUT2D eigenvalue weighted by molar-refractivity contribution is 7.88. The minimum Gasteiger partial charge on any atom is -0.364 e. The molecule has 0 amide bonds. The SMILES string of the molecule is CS(=O)(=O)N[C@@H]1CCC[C@H]1Nc1nc(Cl)ncc1Cl. The summed E-state index contributed by atoms with van der Waals surface area (Å²) >= 11 is 11.7. The number of nitrogens with one attached hydrogen (secondary N) is 2. The molecule has 2 N–H and O–H groups in total. The van der Waals surface area contributed by atoms with Gasteiger partial charge in [-0.25, -0.2) is 18.1 Å². The zero-order valence-electron chi connectivity index (χ0n) is 10.2. The molecule has 106 valence electrons. The third-order valence-electron chi connectivity index (χ3n) is 2.92. The van der Waals surface area contributed by atoms with Crippen LogP contribution in [0.4, 0.5) is 5.82 Å². The molecule has 1 fully saturated rings. The van der Waals surface area contributed by atoms with Crippen LogP contribution in [0.2, 0.25) is 10.3 Å². The highest BCUT2D eigenvalue weighted by Gasteiger charge is 2.30. The van der Waals surface area contributed by atoms with Crippen molar-refractivity contribution in [2.45, 2.75) is 31.3 Å². The van der Waals surface area contributed by atoms with E-state index >= 15 is 0 Å². The molecule has 0 unspecified atom stereocenters. The number of aromatic nitrogens is 2. The van der Waals surface area contributed by atoms with Crippen molar-refractivity contribution in [1.82, 2.24) is 14.7 Å². The van der Waals surface area contributed by atoms with Crippen molar-refractivity contribution in [3.63, 3.8) is 0 Å². The van der Waals surface area contributed by atoms with E-state index in [1.165, 1.54) is 6.20 Å². The van der Waals surface area contributed by atoms with Gasteiger partial charge in [-0.3, -0.25) is 0 Å². The Bertz CT molecular complexity index is 567. The fourth-order valence-corrected chi connectivity index (χ4v) is 3.28. The standard InChI is InChI=1S/C10H14Cl2N4O2S/c1-19(17,18)16-8-4-2-3-7(8)14-9-6(11)5-13-10(12)15-9/h5,7-8,16H,2-4H2,1H3,(H,13,14,15)/t7-,8-/m1/s1. The summed E-state index contributed by atoms with van der Waals surface area (Å²) in [5.41, 5.74) is 0. The Hall–Kier alpha value is -0.630. The van der Waals surface area contributed by atoms with Gasteiger partial charge < -0.3 is 5.32 Å². The third-order valence-corrected chi connectivity index (χ3v) is 4.11. The summed E-state index contributed by atoms with van der Waals surface area (Å²) < 4.78 is 25.2. The lowest BCUT2D eigenvalue weighted by Gasteiger charge is -2.22. The Balaban J connectivity index is 2.11. The first-order chi connectivity index (χ1) is 8.85. The quantitative estimate of drug-likeness (QED) is 0.823. The maximum atomic E-state index is 11.3. The smallest absolute Gasteiger partial charge is 0.224 e. The van der Waals surface area contributed by atoms with E-state index in [0.29, 0.717) is 10.8 Å². The van der Waals surface area contributed by atoms with Gasteiger partial charge in [0, 0.05) is 12.1 Å². The Morgan fingerprint density at radius 3 is 2.68 bits per heavy atom. The summed E-state index contributed by atoms with van der Waals surface area (Å²) in [6, 6.07) is -0.224. The molecule has 1 saturated carbocycles. The van der Waals surface area contributed by atoms with Crippen molar-refractivity contribution in [1.29, 1.82) is 0 Å². The van der Waals surface area contributed by atoms with Gasteiger partial charge in [-0.2, -0.15) is 4.98 Å². The van der Waals surface area contributed by atoms with E-state index in [-0.39, 0.29) is 17.4 Å². The molecule has 19 heavy (non-hydrogen) atoms. The molecule has 0 saturated heterocycles. The average Bonchev–Trinajstić information content (AvgIpc) is 2.69. The van der Waals surface area contributed by atoms with Crippen molar-refractivity contribution in [3.8, 4) is 0 Å². The second-order valence-electron chi connectivity index (χ2n) is 4.51. The van der Waals surface area contributed by atoms with E-state index in [1.807, 2.05) is 0 Å². The summed E-state index contributed by atoms with van der Waals surface area (Å²) in [6.45, 7) is 0. The Labute approximate surface area is 122 Å². The molecule has 1 heterocycles. The van der Waals surface area contributed by atoms with Crippen molar-refractivity contribution < 1.29 is 8.42 Å². The lowest BCUT2D eigenvalue weighted by molar-refractivity contribution is 0.539. The first-order valence-electron chi connectivity index (χ1n) is 5.77. The fraction of sp³-hybridized carbons (Fsp3) is 0.600. The van der Waals surface area contributed by atoms with Gasteiger partial charge in [-0.1, -0.05) is 11.6 Å². The van der Waals surface area contributed by atoms with Crippen LogP contribution in [-0.4, -0.2) is 36.7 Å². The Morgan fingerprint density at radius 1 is 1.32 bits per heavy atom. The molecule has 2 rings (SSSR count). The molecule has 1 aromatic rings. The molecule has 2 atom stereocenters. The number of hydrogen-bond acceptors (Lipinski definition) is 5. The molecule has 1 aliphatic carbocycles. The first kappa shape index (κ1) is 14.8. The molecule has 9 heteroatoms. The molecule has 0 radical (unpaired) electrons. The molecule has 1 aliphatic rings. The van der Waals surface area contributed by atoms with Crippen molar-refractivity contribution in [3.05, 3.63) is 16.5 Å². The van der Waals surface area contributed by atoms with Crippen LogP contribution in [0.3, 0.4) is 0 Å². The van der Waals surface area contributed by atoms with E-state index in [0.717, 1.165) is 25.5 Å². The zero-order valence-corrected chi connectivity index (χ0v) is 12.6. The molecule has 1 aromatic heterocycles. The van der Waals surface area contributed by atoms with E-state index in [4.69, 9.17) is 23.2 Å². The number of hydrogen-bond donors (Lipinski definition) is 2. The number of halogens is 2. The van der Waals surface area contributed by atoms with Crippen molar-refractivity contribution in [2.75, 3.05) is 11.6 Å². The minimum absolute atomic E-state index is 0.0572. The number of sulfonamides is 1. The van der Waals surface area contributed by atoms with Crippen LogP contribution >= 0.6 is 23.2 Å². The van der Waals surface area contributed by atoms with Gasteiger partial charge in [0.2, 0.25) is 15.3 Å². The highest BCUT2D eigenvalue weighted by atomic mass is 35.5. The fourth-order valence-electron chi connectivity index (χ4n) is 2.17. The topological polar surface area (TPSA) is 84.0 Å². The second kappa shape index (κ2) is 5.78. The summed E-state index contributed by atoms with van der Waals surface area (Å²) in [5, 5.41) is 3.58. The van der Waals surface area contributed by atoms with Crippen molar-refractivity contribution >= 4 is 39.0 Å². The van der Waals surface area contributed by atoms with Crippen LogP contribution in [0, 0.1) is 0 Å². The van der Waals surface area contributed by atoms with Gasteiger partial charge >= 0.3 is 0 Å². The molecule has 6 nitrogen and oxygen atoms in total.